The van der Waals surface area contributed by atoms with Crippen molar-refractivity contribution < 1.29 is 9.90 Å². The molecule has 0 atom stereocenters. The standard InChI is InChI=1S/C12H18N2O2/c1-3-14(4-2)8-10-7-9(12(13)16)5-6-11(10)15/h5-7,15H,3-4,8H2,1-2H3,(H2,13,16). The molecule has 4 heteroatoms. The summed E-state index contributed by atoms with van der Waals surface area (Å²) in [6.07, 6.45) is 0. The average Bonchev–Trinajstić information content (AvgIpc) is 2.27. The van der Waals surface area contributed by atoms with Gasteiger partial charge in [0, 0.05) is 17.7 Å². The lowest BCUT2D eigenvalue weighted by Gasteiger charge is -2.18. The predicted octanol–water partition coefficient (Wildman–Crippen LogP) is 1.33. The lowest BCUT2D eigenvalue weighted by molar-refractivity contribution is 0.1000. The van der Waals surface area contributed by atoms with Crippen LogP contribution in [0.2, 0.25) is 0 Å². The second kappa shape index (κ2) is 5.51. The molecule has 0 unspecified atom stereocenters. The second-order valence-electron chi connectivity index (χ2n) is 3.67. The van der Waals surface area contributed by atoms with Crippen molar-refractivity contribution in [3.8, 4) is 5.75 Å². The van der Waals surface area contributed by atoms with Crippen LogP contribution in [0.4, 0.5) is 0 Å². The summed E-state index contributed by atoms with van der Waals surface area (Å²) in [5.74, 6) is -0.266. The van der Waals surface area contributed by atoms with Crippen LogP contribution in [0, 0.1) is 0 Å². The van der Waals surface area contributed by atoms with Gasteiger partial charge in [-0.3, -0.25) is 9.69 Å². The van der Waals surface area contributed by atoms with Gasteiger partial charge in [-0.2, -0.15) is 0 Å². The zero-order valence-electron chi connectivity index (χ0n) is 9.73. The number of rotatable bonds is 5. The van der Waals surface area contributed by atoms with E-state index in [0.717, 1.165) is 18.7 Å². The molecule has 1 rings (SSSR count). The molecule has 0 aromatic heterocycles. The molecule has 0 aliphatic rings. The molecule has 4 nitrogen and oxygen atoms in total. The second-order valence-corrected chi connectivity index (χ2v) is 3.67. The lowest BCUT2D eigenvalue weighted by atomic mass is 10.1. The zero-order chi connectivity index (χ0) is 12.1. The Kier molecular flexibility index (Phi) is 4.31. The van der Waals surface area contributed by atoms with E-state index < -0.39 is 5.91 Å². The van der Waals surface area contributed by atoms with E-state index in [1.165, 1.54) is 12.1 Å². The van der Waals surface area contributed by atoms with E-state index >= 15 is 0 Å². The summed E-state index contributed by atoms with van der Waals surface area (Å²) in [6.45, 7) is 6.53. The van der Waals surface area contributed by atoms with Gasteiger partial charge in [0.05, 0.1) is 0 Å². The number of benzene rings is 1. The first-order valence-corrected chi connectivity index (χ1v) is 5.42. The number of hydrogen-bond donors (Lipinski definition) is 2. The van der Waals surface area contributed by atoms with Gasteiger partial charge in [0.25, 0.3) is 0 Å². The summed E-state index contributed by atoms with van der Waals surface area (Å²) in [6, 6.07) is 4.69. The van der Waals surface area contributed by atoms with Gasteiger partial charge in [-0.15, -0.1) is 0 Å². The summed E-state index contributed by atoms with van der Waals surface area (Å²) in [5.41, 5.74) is 6.36. The average molecular weight is 222 g/mol. The first-order valence-electron chi connectivity index (χ1n) is 5.42. The molecule has 0 saturated carbocycles. The Morgan fingerprint density at radius 3 is 2.50 bits per heavy atom. The van der Waals surface area contributed by atoms with Crippen LogP contribution in [0.5, 0.6) is 5.75 Å². The van der Waals surface area contributed by atoms with E-state index in [2.05, 4.69) is 18.7 Å². The van der Waals surface area contributed by atoms with Gasteiger partial charge in [-0.1, -0.05) is 13.8 Å². The number of primary amides is 1. The number of aromatic hydroxyl groups is 1. The third kappa shape index (κ3) is 2.97. The topological polar surface area (TPSA) is 66.6 Å². The predicted molar refractivity (Wildman–Crippen MR) is 63.2 cm³/mol. The SMILES string of the molecule is CCN(CC)Cc1cc(C(N)=O)ccc1O. The molecular weight excluding hydrogens is 204 g/mol. The van der Waals surface area contributed by atoms with Gasteiger partial charge >= 0.3 is 0 Å². The fourth-order valence-corrected chi connectivity index (χ4v) is 1.55. The number of nitrogens with two attached hydrogens (primary N) is 1. The minimum atomic E-state index is -0.471. The Morgan fingerprint density at radius 1 is 1.38 bits per heavy atom. The van der Waals surface area contributed by atoms with Crippen LogP contribution in [0.1, 0.15) is 29.8 Å². The third-order valence-corrected chi connectivity index (χ3v) is 2.65. The van der Waals surface area contributed by atoms with E-state index in [-0.39, 0.29) is 5.75 Å². The number of hydrogen-bond acceptors (Lipinski definition) is 3. The van der Waals surface area contributed by atoms with Gasteiger partial charge in [0.1, 0.15) is 5.75 Å². The Labute approximate surface area is 95.7 Å². The Balaban J connectivity index is 2.93. The monoisotopic (exact) mass is 222 g/mol. The van der Waals surface area contributed by atoms with Crippen LogP contribution in [-0.4, -0.2) is 29.0 Å². The normalized spacial score (nSPS) is 10.7. The summed E-state index contributed by atoms with van der Waals surface area (Å²) < 4.78 is 0. The highest BCUT2D eigenvalue weighted by Gasteiger charge is 2.09. The molecule has 0 bridgehead atoms. The van der Waals surface area contributed by atoms with Crippen LogP contribution in [-0.2, 0) is 6.54 Å². The van der Waals surface area contributed by atoms with Crippen molar-refractivity contribution in [1.29, 1.82) is 0 Å². The van der Waals surface area contributed by atoms with Crippen LogP contribution >= 0.6 is 0 Å². The number of carbonyl (C=O) groups excluding carboxylic acids is 1. The van der Waals surface area contributed by atoms with Crippen molar-refractivity contribution in [1.82, 2.24) is 4.90 Å². The highest BCUT2D eigenvalue weighted by Crippen LogP contribution is 2.20. The Hall–Kier alpha value is -1.55. The maximum atomic E-state index is 11.0. The molecule has 3 N–H and O–H groups in total. The fraction of sp³-hybridized carbons (Fsp3) is 0.417. The Morgan fingerprint density at radius 2 is 2.00 bits per heavy atom. The molecule has 1 aromatic rings. The van der Waals surface area contributed by atoms with Crippen molar-refractivity contribution in [2.24, 2.45) is 5.73 Å². The number of phenols is 1. The van der Waals surface area contributed by atoms with Crippen molar-refractivity contribution in [3.63, 3.8) is 0 Å². The molecule has 0 radical (unpaired) electrons. The van der Waals surface area contributed by atoms with E-state index in [9.17, 15) is 9.90 Å². The van der Waals surface area contributed by atoms with Gasteiger partial charge in [-0.05, 0) is 31.3 Å². The number of phenolic OH excluding ortho intramolecular Hbond substituents is 1. The van der Waals surface area contributed by atoms with Gasteiger partial charge in [0.15, 0.2) is 0 Å². The highest BCUT2D eigenvalue weighted by atomic mass is 16.3. The van der Waals surface area contributed by atoms with Crippen molar-refractivity contribution in [2.75, 3.05) is 13.1 Å². The Bertz CT molecular complexity index is 373. The van der Waals surface area contributed by atoms with Crippen LogP contribution in [0.3, 0.4) is 0 Å². The van der Waals surface area contributed by atoms with Crippen molar-refractivity contribution >= 4 is 5.91 Å². The first-order chi connectivity index (χ1) is 7.58. The van der Waals surface area contributed by atoms with Crippen LogP contribution < -0.4 is 5.73 Å². The number of nitrogens with zero attached hydrogens (tertiary/aromatic N) is 1. The molecule has 0 saturated heterocycles. The maximum absolute atomic E-state index is 11.0. The largest absolute Gasteiger partial charge is 0.508 e. The fourth-order valence-electron chi connectivity index (χ4n) is 1.55. The zero-order valence-corrected chi connectivity index (χ0v) is 9.73. The lowest BCUT2D eigenvalue weighted by Crippen LogP contribution is -2.22. The summed E-state index contributed by atoms with van der Waals surface area (Å²) >= 11 is 0. The van der Waals surface area contributed by atoms with Crippen molar-refractivity contribution in [2.45, 2.75) is 20.4 Å². The number of amides is 1. The van der Waals surface area contributed by atoms with Crippen molar-refractivity contribution in [3.05, 3.63) is 29.3 Å². The summed E-state index contributed by atoms with van der Waals surface area (Å²) in [4.78, 5) is 13.2. The van der Waals surface area contributed by atoms with Gasteiger partial charge in [-0.25, -0.2) is 0 Å². The molecule has 0 fully saturated rings. The molecular formula is C12H18N2O2. The smallest absolute Gasteiger partial charge is 0.248 e. The molecule has 0 aliphatic carbocycles. The van der Waals surface area contributed by atoms with E-state index in [1.807, 2.05) is 0 Å². The number of carbonyl (C=O) groups is 1. The van der Waals surface area contributed by atoms with E-state index in [4.69, 9.17) is 5.73 Å². The molecule has 1 aromatic carbocycles. The van der Waals surface area contributed by atoms with Gasteiger partial charge in [0.2, 0.25) is 5.91 Å². The quantitative estimate of drug-likeness (QED) is 0.790. The molecule has 0 aliphatic heterocycles. The van der Waals surface area contributed by atoms with E-state index in [0.29, 0.717) is 12.1 Å². The minimum absolute atomic E-state index is 0.205. The molecule has 16 heavy (non-hydrogen) atoms. The molecule has 1 amide bonds. The maximum Gasteiger partial charge on any atom is 0.248 e. The summed E-state index contributed by atoms with van der Waals surface area (Å²) in [7, 11) is 0. The van der Waals surface area contributed by atoms with E-state index in [1.54, 1.807) is 6.07 Å². The van der Waals surface area contributed by atoms with Gasteiger partial charge < -0.3 is 10.8 Å². The van der Waals surface area contributed by atoms with Crippen LogP contribution in [0.15, 0.2) is 18.2 Å². The minimum Gasteiger partial charge on any atom is -0.508 e. The molecule has 88 valence electrons. The third-order valence-electron chi connectivity index (χ3n) is 2.65. The molecule has 0 spiro atoms. The summed E-state index contributed by atoms with van der Waals surface area (Å²) in [5, 5.41) is 9.68. The highest BCUT2D eigenvalue weighted by molar-refractivity contribution is 5.93. The van der Waals surface area contributed by atoms with Crippen LogP contribution in [0.25, 0.3) is 0 Å². The molecule has 0 heterocycles. The first kappa shape index (κ1) is 12.5.